The summed E-state index contributed by atoms with van der Waals surface area (Å²) in [4.78, 5) is 11.9. The number of nitro groups is 1. The Bertz CT molecular complexity index is 920. The predicted octanol–water partition coefficient (Wildman–Crippen LogP) is 2.33. The van der Waals surface area contributed by atoms with E-state index in [1.165, 1.54) is 12.1 Å². The number of benzene rings is 2. The van der Waals surface area contributed by atoms with Crippen LogP contribution < -0.4 is 10.0 Å². The summed E-state index contributed by atoms with van der Waals surface area (Å²) >= 11 is 0. The van der Waals surface area contributed by atoms with Crippen molar-refractivity contribution in [2.24, 2.45) is 5.14 Å². The molecule has 9 heteroatoms. The lowest BCUT2D eigenvalue weighted by molar-refractivity contribution is -0.385. The summed E-state index contributed by atoms with van der Waals surface area (Å²) in [5, 5.41) is 25.6. The number of sulfonamides is 1. The molecule has 0 spiro atoms. The molecule has 1 saturated heterocycles. The van der Waals surface area contributed by atoms with Gasteiger partial charge in [-0.1, -0.05) is 12.1 Å². The van der Waals surface area contributed by atoms with E-state index in [4.69, 9.17) is 5.14 Å². The molecule has 1 aliphatic heterocycles. The number of hydrogen-bond donors (Lipinski definition) is 2. The van der Waals surface area contributed by atoms with Gasteiger partial charge in [0.15, 0.2) is 0 Å². The van der Waals surface area contributed by atoms with Gasteiger partial charge in [0, 0.05) is 25.2 Å². The van der Waals surface area contributed by atoms with Crippen molar-refractivity contribution in [3.63, 3.8) is 0 Å². The number of nitrogens with zero attached hydrogens (tertiary/aromatic N) is 2. The summed E-state index contributed by atoms with van der Waals surface area (Å²) < 4.78 is 23.8. The highest BCUT2D eigenvalue weighted by Crippen LogP contribution is 2.34. The van der Waals surface area contributed by atoms with E-state index >= 15 is 0 Å². The van der Waals surface area contributed by atoms with Crippen LogP contribution in [-0.4, -0.2) is 31.5 Å². The van der Waals surface area contributed by atoms with Crippen molar-refractivity contribution in [2.45, 2.75) is 23.7 Å². The standard InChI is InChI=1S/C17H19N3O5S/c18-26(24,25)17-11-14(20(22)23)3-6-16(17)19-9-7-13(8-10-19)12-1-4-15(21)5-2-12/h1-6,11,13,21H,7-10H2,(H2,18,24,25). The first kappa shape index (κ1) is 18.2. The molecule has 3 rings (SSSR count). The van der Waals surface area contributed by atoms with E-state index < -0.39 is 14.9 Å². The SMILES string of the molecule is NS(=O)(=O)c1cc([N+](=O)[O-])ccc1N1CCC(c2ccc(O)cc2)CC1. The number of phenols is 1. The fourth-order valence-corrected chi connectivity index (χ4v) is 4.08. The number of aromatic hydroxyl groups is 1. The molecule has 1 fully saturated rings. The van der Waals surface area contributed by atoms with Crippen molar-refractivity contribution >= 4 is 21.4 Å². The van der Waals surface area contributed by atoms with Crippen molar-refractivity contribution in [1.29, 1.82) is 0 Å². The lowest BCUT2D eigenvalue weighted by Gasteiger charge is -2.34. The van der Waals surface area contributed by atoms with Gasteiger partial charge in [-0.15, -0.1) is 0 Å². The van der Waals surface area contributed by atoms with Crippen LogP contribution in [0.2, 0.25) is 0 Å². The summed E-state index contributed by atoms with van der Waals surface area (Å²) in [7, 11) is -4.08. The minimum Gasteiger partial charge on any atom is -0.508 e. The molecule has 0 radical (unpaired) electrons. The Morgan fingerprint density at radius 2 is 1.73 bits per heavy atom. The third kappa shape index (κ3) is 3.78. The van der Waals surface area contributed by atoms with E-state index in [0.29, 0.717) is 24.7 Å². The second-order valence-corrected chi connectivity index (χ2v) is 7.84. The lowest BCUT2D eigenvalue weighted by Crippen LogP contribution is -2.34. The van der Waals surface area contributed by atoms with E-state index in [9.17, 15) is 23.6 Å². The second kappa shape index (κ2) is 6.93. The van der Waals surface area contributed by atoms with Crippen LogP contribution in [0.25, 0.3) is 0 Å². The Hall–Kier alpha value is -2.65. The summed E-state index contributed by atoms with van der Waals surface area (Å²) in [6.07, 6.45) is 1.59. The number of primary sulfonamides is 1. The molecule has 2 aromatic rings. The van der Waals surface area contributed by atoms with E-state index in [1.807, 2.05) is 17.0 Å². The number of piperidine rings is 1. The van der Waals surface area contributed by atoms with Crippen LogP contribution in [0, 0.1) is 10.1 Å². The van der Waals surface area contributed by atoms with Gasteiger partial charge in [-0.3, -0.25) is 10.1 Å². The van der Waals surface area contributed by atoms with Crippen molar-refractivity contribution < 1.29 is 18.4 Å². The zero-order valence-electron chi connectivity index (χ0n) is 13.9. The normalized spacial score (nSPS) is 15.8. The number of hydrogen-bond acceptors (Lipinski definition) is 6. The molecule has 1 aliphatic rings. The Morgan fingerprint density at radius 3 is 2.27 bits per heavy atom. The summed E-state index contributed by atoms with van der Waals surface area (Å²) in [5.41, 5.74) is 1.21. The Labute approximate surface area is 151 Å². The lowest BCUT2D eigenvalue weighted by atomic mass is 9.89. The Balaban J connectivity index is 1.83. The van der Waals surface area contributed by atoms with Crippen LogP contribution in [0.4, 0.5) is 11.4 Å². The molecular formula is C17H19N3O5S. The molecule has 0 unspecified atom stereocenters. The first-order valence-electron chi connectivity index (χ1n) is 8.11. The Morgan fingerprint density at radius 1 is 1.12 bits per heavy atom. The molecule has 2 aromatic carbocycles. The maximum absolute atomic E-state index is 11.9. The van der Waals surface area contributed by atoms with Crippen molar-refractivity contribution in [2.75, 3.05) is 18.0 Å². The maximum atomic E-state index is 11.9. The molecule has 0 saturated carbocycles. The highest BCUT2D eigenvalue weighted by molar-refractivity contribution is 7.89. The zero-order chi connectivity index (χ0) is 18.9. The van der Waals surface area contributed by atoms with Gasteiger partial charge in [-0.25, -0.2) is 13.6 Å². The average molecular weight is 377 g/mol. The highest BCUT2D eigenvalue weighted by atomic mass is 32.2. The molecule has 3 N–H and O–H groups in total. The molecule has 0 aliphatic carbocycles. The van der Waals surface area contributed by atoms with Crippen LogP contribution >= 0.6 is 0 Å². The molecule has 0 amide bonds. The fraction of sp³-hybridized carbons (Fsp3) is 0.294. The highest BCUT2D eigenvalue weighted by Gasteiger charge is 2.26. The number of rotatable bonds is 4. The molecule has 8 nitrogen and oxygen atoms in total. The Kier molecular flexibility index (Phi) is 4.84. The third-order valence-electron chi connectivity index (χ3n) is 4.66. The van der Waals surface area contributed by atoms with Crippen LogP contribution in [0.15, 0.2) is 47.4 Å². The number of nitro benzene ring substituents is 1. The van der Waals surface area contributed by atoms with Crippen LogP contribution in [0.5, 0.6) is 5.75 Å². The zero-order valence-corrected chi connectivity index (χ0v) is 14.7. The van der Waals surface area contributed by atoms with Gasteiger partial charge in [0.1, 0.15) is 10.6 Å². The van der Waals surface area contributed by atoms with E-state index in [-0.39, 0.29) is 16.3 Å². The molecule has 0 aromatic heterocycles. The van der Waals surface area contributed by atoms with Crippen molar-refractivity contribution in [1.82, 2.24) is 0 Å². The van der Waals surface area contributed by atoms with Gasteiger partial charge in [0.05, 0.1) is 10.6 Å². The minimum atomic E-state index is -4.08. The quantitative estimate of drug-likeness (QED) is 0.622. The molecule has 138 valence electrons. The minimum absolute atomic E-state index is 0.217. The predicted molar refractivity (Wildman–Crippen MR) is 96.8 cm³/mol. The second-order valence-electron chi connectivity index (χ2n) is 6.31. The fourth-order valence-electron chi connectivity index (χ4n) is 3.31. The molecule has 26 heavy (non-hydrogen) atoms. The first-order valence-corrected chi connectivity index (χ1v) is 9.65. The number of non-ortho nitro benzene ring substituents is 1. The number of nitrogens with two attached hydrogens (primary N) is 1. The van der Waals surface area contributed by atoms with Gasteiger partial charge in [0.2, 0.25) is 10.0 Å². The summed E-state index contributed by atoms with van der Waals surface area (Å²) in [6.45, 7) is 1.21. The summed E-state index contributed by atoms with van der Waals surface area (Å²) in [6, 6.07) is 10.8. The van der Waals surface area contributed by atoms with E-state index in [2.05, 4.69) is 0 Å². The topological polar surface area (TPSA) is 127 Å². The van der Waals surface area contributed by atoms with E-state index in [1.54, 1.807) is 12.1 Å². The van der Waals surface area contributed by atoms with Crippen molar-refractivity contribution in [3.05, 3.63) is 58.1 Å². The van der Waals surface area contributed by atoms with Gasteiger partial charge in [-0.05, 0) is 42.5 Å². The molecule has 0 atom stereocenters. The number of phenolic OH excluding ortho intramolecular Hbond substituents is 1. The number of anilines is 1. The smallest absolute Gasteiger partial charge is 0.270 e. The monoisotopic (exact) mass is 377 g/mol. The van der Waals surface area contributed by atoms with Crippen LogP contribution in [0.1, 0.15) is 24.3 Å². The van der Waals surface area contributed by atoms with Crippen LogP contribution in [-0.2, 0) is 10.0 Å². The molecule has 1 heterocycles. The van der Waals surface area contributed by atoms with Gasteiger partial charge in [0.25, 0.3) is 5.69 Å². The van der Waals surface area contributed by atoms with Crippen LogP contribution in [0.3, 0.4) is 0 Å². The third-order valence-corrected chi connectivity index (χ3v) is 5.60. The first-order chi connectivity index (χ1) is 12.3. The van der Waals surface area contributed by atoms with Gasteiger partial charge in [-0.2, -0.15) is 0 Å². The summed E-state index contributed by atoms with van der Waals surface area (Å²) in [5.74, 6) is 0.526. The molecule has 0 bridgehead atoms. The average Bonchev–Trinajstić information content (AvgIpc) is 2.61. The maximum Gasteiger partial charge on any atom is 0.270 e. The largest absolute Gasteiger partial charge is 0.508 e. The molecular weight excluding hydrogens is 358 g/mol. The van der Waals surface area contributed by atoms with E-state index in [0.717, 1.165) is 24.5 Å². The van der Waals surface area contributed by atoms with Gasteiger partial charge < -0.3 is 10.0 Å². The van der Waals surface area contributed by atoms with Crippen molar-refractivity contribution in [3.8, 4) is 5.75 Å². The van der Waals surface area contributed by atoms with Gasteiger partial charge >= 0.3 is 0 Å².